The molecule has 2 rings (SSSR count). The molecule has 1 fully saturated rings. The van der Waals surface area contributed by atoms with Crippen LogP contribution in [0.2, 0.25) is 0 Å². The summed E-state index contributed by atoms with van der Waals surface area (Å²) in [6.45, 7) is 4.11. The molecule has 1 aromatic carbocycles. The van der Waals surface area contributed by atoms with Gasteiger partial charge in [-0.1, -0.05) is 63.3 Å². The highest BCUT2D eigenvalue weighted by atomic mass is 35.5. The lowest BCUT2D eigenvalue weighted by Crippen LogP contribution is -3.00. The molecule has 2 nitrogen and oxygen atoms in total. The van der Waals surface area contributed by atoms with Crippen LogP contribution < -0.4 is 17.7 Å². The van der Waals surface area contributed by atoms with Crippen LogP contribution in [0, 0.1) is 0 Å². The van der Waals surface area contributed by atoms with E-state index in [1.54, 1.807) is 0 Å². The van der Waals surface area contributed by atoms with Gasteiger partial charge in [-0.15, -0.1) is 0 Å². The standard InChI is InChI=1S/C18H29NO.ClH/c1-2-3-4-5-6-7-8-16-9-11-17(12-10-16)18(20)13-14-19-15-18;/h9-12,19-20H,2-8,13-15H2,1H3;1H. The second-order valence-corrected chi connectivity index (χ2v) is 6.28. The number of halogens is 1. The molecule has 0 saturated carbocycles. The largest absolute Gasteiger partial charge is 1.00 e. The molecule has 0 spiro atoms. The first-order valence-corrected chi connectivity index (χ1v) is 8.38. The summed E-state index contributed by atoms with van der Waals surface area (Å²) in [5.41, 5.74) is 1.92. The van der Waals surface area contributed by atoms with Gasteiger partial charge in [-0.3, -0.25) is 0 Å². The number of aryl methyl sites for hydroxylation is 1. The average Bonchev–Trinajstić information content (AvgIpc) is 2.91. The Morgan fingerprint density at radius 2 is 1.71 bits per heavy atom. The Morgan fingerprint density at radius 1 is 1.05 bits per heavy atom. The van der Waals surface area contributed by atoms with Crippen LogP contribution in [0.4, 0.5) is 0 Å². The predicted octanol–water partition coefficient (Wildman–Crippen LogP) is -0.252. The number of rotatable bonds is 8. The van der Waals surface area contributed by atoms with Crippen molar-refractivity contribution in [3.8, 4) is 0 Å². The quantitative estimate of drug-likeness (QED) is 0.638. The van der Waals surface area contributed by atoms with E-state index < -0.39 is 5.60 Å². The Kier molecular flexibility index (Phi) is 8.31. The van der Waals surface area contributed by atoms with Crippen LogP contribution in [-0.4, -0.2) is 18.2 Å². The van der Waals surface area contributed by atoms with Crippen molar-refractivity contribution in [1.82, 2.24) is 0 Å². The fraction of sp³-hybridized carbons (Fsp3) is 0.667. The minimum Gasteiger partial charge on any atom is -1.00 e. The number of hydrogen-bond acceptors (Lipinski definition) is 1. The first-order valence-electron chi connectivity index (χ1n) is 8.38. The van der Waals surface area contributed by atoms with Gasteiger partial charge in [0.1, 0.15) is 12.1 Å². The van der Waals surface area contributed by atoms with E-state index >= 15 is 0 Å². The molecule has 0 aromatic heterocycles. The van der Waals surface area contributed by atoms with Crippen molar-refractivity contribution in [2.45, 2.75) is 63.9 Å². The molecule has 0 radical (unpaired) electrons. The molecule has 1 aliphatic heterocycles. The topological polar surface area (TPSA) is 36.8 Å². The van der Waals surface area contributed by atoms with Crippen LogP contribution in [0.25, 0.3) is 0 Å². The van der Waals surface area contributed by atoms with E-state index in [-0.39, 0.29) is 12.4 Å². The highest BCUT2D eigenvalue weighted by Crippen LogP contribution is 2.25. The Labute approximate surface area is 135 Å². The van der Waals surface area contributed by atoms with Gasteiger partial charge >= 0.3 is 0 Å². The molecule has 1 atom stereocenters. The molecule has 0 aliphatic carbocycles. The Hall–Kier alpha value is -0.570. The van der Waals surface area contributed by atoms with Crippen LogP contribution in [0.5, 0.6) is 0 Å². The van der Waals surface area contributed by atoms with E-state index in [9.17, 15) is 5.11 Å². The summed E-state index contributed by atoms with van der Waals surface area (Å²) in [7, 11) is 0. The Morgan fingerprint density at radius 3 is 2.33 bits per heavy atom. The maximum atomic E-state index is 10.5. The van der Waals surface area contributed by atoms with E-state index in [0.717, 1.165) is 25.1 Å². The minimum atomic E-state index is -0.585. The predicted molar refractivity (Wildman–Crippen MR) is 83.7 cm³/mol. The third-order valence-electron chi connectivity index (χ3n) is 4.55. The van der Waals surface area contributed by atoms with Gasteiger partial charge in [0.25, 0.3) is 0 Å². The highest BCUT2D eigenvalue weighted by molar-refractivity contribution is 5.27. The van der Waals surface area contributed by atoms with Gasteiger partial charge in [0.15, 0.2) is 0 Å². The number of nitrogens with two attached hydrogens (primary N) is 1. The Balaban J connectivity index is 0.00000220. The van der Waals surface area contributed by atoms with Crippen LogP contribution >= 0.6 is 0 Å². The van der Waals surface area contributed by atoms with Crippen molar-refractivity contribution in [3.05, 3.63) is 35.4 Å². The highest BCUT2D eigenvalue weighted by Gasteiger charge is 2.36. The molecule has 3 N–H and O–H groups in total. The van der Waals surface area contributed by atoms with Crippen LogP contribution in [0.3, 0.4) is 0 Å². The van der Waals surface area contributed by atoms with E-state index in [2.05, 4.69) is 36.5 Å². The molecule has 1 saturated heterocycles. The fourth-order valence-electron chi connectivity index (χ4n) is 3.14. The fourth-order valence-corrected chi connectivity index (χ4v) is 3.14. The second kappa shape index (κ2) is 9.45. The molecule has 1 unspecified atom stereocenters. The summed E-state index contributed by atoms with van der Waals surface area (Å²) in [5, 5.41) is 12.7. The summed E-state index contributed by atoms with van der Waals surface area (Å²) in [6, 6.07) is 8.67. The first-order chi connectivity index (χ1) is 9.74. The number of aliphatic hydroxyl groups is 1. The third kappa shape index (κ3) is 5.61. The Bertz CT molecular complexity index is 385. The summed E-state index contributed by atoms with van der Waals surface area (Å²) < 4.78 is 0. The van der Waals surface area contributed by atoms with Crippen LogP contribution in [0.15, 0.2) is 24.3 Å². The smallest absolute Gasteiger partial charge is 0.143 e. The van der Waals surface area contributed by atoms with E-state index in [1.807, 2.05) is 0 Å². The van der Waals surface area contributed by atoms with Crippen molar-refractivity contribution in [2.24, 2.45) is 0 Å². The van der Waals surface area contributed by atoms with Gasteiger partial charge in [0.2, 0.25) is 0 Å². The molecule has 0 amide bonds. The number of benzene rings is 1. The molecular weight excluding hydrogens is 282 g/mol. The molecule has 1 aliphatic rings. The molecule has 21 heavy (non-hydrogen) atoms. The lowest BCUT2D eigenvalue weighted by atomic mass is 9.92. The van der Waals surface area contributed by atoms with Crippen molar-refractivity contribution in [1.29, 1.82) is 0 Å². The number of quaternary nitrogens is 1. The SMILES string of the molecule is CCCCCCCCc1ccc(C2(O)CC[NH2+]C2)cc1.[Cl-]. The second-order valence-electron chi connectivity index (χ2n) is 6.28. The summed E-state index contributed by atoms with van der Waals surface area (Å²) in [6.07, 6.45) is 10.2. The van der Waals surface area contributed by atoms with Crippen molar-refractivity contribution < 1.29 is 22.8 Å². The average molecular weight is 312 g/mol. The van der Waals surface area contributed by atoms with E-state index in [4.69, 9.17) is 0 Å². The molecule has 0 bridgehead atoms. The number of hydrogen-bond donors (Lipinski definition) is 2. The molecule has 120 valence electrons. The maximum absolute atomic E-state index is 10.5. The monoisotopic (exact) mass is 311 g/mol. The van der Waals surface area contributed by atoms with Crippen LogP contribution in [-0.2, 0) is 12.0 Å². The van der Waals surface area contributed by atoms with E-state index in [1.165, 1.54) is 50.5 Å². The summed E-state index contributed by atoms with van der Waals surface area (Å²) in [5.74, 6) is 0. The van der Waals surface area contributed by atoms with Crippen LogP contribution in [0.1, 0.15) is 63.0 Å². The third-order valence-corrected chi connectivity index (χ3v) is 4.55. The lowest BCUT2D eigenvalue weighted by molar-refractivity contribution is -0.642. The molecule has 3 heteroatoms. The van der Waals surface area contributed by atoms with Gasteiger partial charge in [-0.05, 0) is 24.0 Å². The zero-order chi connectivity index (χ0) is 14.3. The van der Waals surface area contributed by atoms with Crippen molar-refractivity contribution in [2.75, 3.05) is 13.1 Å². The number of unbranched alkanes of at least 4 members (excludes halogenated alkanes) is 5. The normalized spacial score (nSPS) is 21.2. The van der Waals surface area contributed by atoms with Gasteiger partial charge in [-0.25, -0.2) is 0 Å². The molecular formula is C18H30ClNO. The first kappa shape index (κ1) is 18.5. The summed E-state index contributed by atoms with van der Waals surface area (Å²) >= 11 is 0. The zero-order valence-corrected chi connectivity index (χ0v) is 14.0. The molecule has 1 aromatic rings. The van der Waals surface area contributed by atoms with Crippen molar-refractivity contribution >= 4 is 0 Å². The van der Waals surface area contributed by atoms with Gasteiger partial charge in [-0.2, -0.15) is 0 Å². The summed E-state index contributed by atoms with van der Waals surface area (Å²) in [4.78, 5) is 0. The zero-order valence-electron chi connectivity index (χ0n) is 13.3. The molecule has 1 heterocycles. The minimum absolute atomic E-state index is 0. The van der Waals surface area contributed by atoms with Gasteiger partial charge < -0.3 is 22.8 Å². The van der Waals surface area contributed by atoms with Crippen molar-refractivity contribution in [3.63, 3.8) is 0 Å². The van der Waals surface area contributed by atoms with E-state index in [0.29, 0.717) is 0 Å². The van der Waals surface area contributed by atoms with Gasteiger partial charge in [0, 0.05) is 6.42 Å². The maximum Gasteiger partial charge on any atom is 0.143 e. The van der Waals surface area contributed by atoms with Gasteiger partial charge in [0.05, 0.1) is 6.54 Å². The lowest BCUT2D eigenvalue weighted by Gasteiger charge is -2.19.